The van der Waals surface area contributed by atoms with Gasteiger partial charge < -0.3 is 14.6 Å². The number of carbonyl (C=O) groups is 1. The van der Waals surface area contributed by atoms with Gasteiger partial charge in [-0.25, -0.2) is 0 Å². The zero-order chi connectivity index (χ0) is 12.5. The van der Waals surface area contributed by atoms with Crippen molar-refractivity contribution >= 4 is 12.5 Å². The first-order chi connectivity index (χ1) is 8.75. The van der Waals surface area contributed by atoms with Crippen LogP contribution in [0.2, 0.25) is 12.6 Å². The van der Waals surface area contributed by atoms with E-state index in [2.05, 4.69) is 0 Å². The highest BCUT2D eigenvalue weighted by atomic mass is 16.5. The van der Waals surface area contributed by atoms with E-state index in [1.54, 1.807) is 12.1 Å². The van der Waals surface area contributed by atoms with Gasteiger partial charge in [-0.05, 0) is 18.5 Å². The minimum absolute atomic E-state index is 0.00164. The molecule has 4 nitrogen and oxygen atoms in total. The molecule has 0 amide bonds. The molecule has 0 aliphatic carbocycles. The highest BCUT2D eigenvalue weighted by molar-refractivity contribution is 6.58. The predicted octanol–water partition coefficient (Wildman–Crippen LogP) is 1.57. The zero-order valence-corrected chi connectivity index (χ0v) is 10.1. The van der Waals surface area contributed by atoms with E-state index in [4.69, 9.17) is 9.47 Å². The fourth-order valence-electron chi connectivity index (χ4n) is 2.65. The molecule has 94 valence electrons. The Morgan fingerprint density at radius 1 is 1.28 bits per heavy atom. The number of Topliss-reactive ketones (excluding diaryl/α,β-unsaturated/α-hetero) is 1. The molecule has 1 aromatic rings. The summed E-state index contributed by atoms with van der Waals surface area (Å²) in [4.78, 5) is 11.6. The summed E-state index contributed by atoms with van der Waals surface area (Å²) in [7, 11) is 0. The van der Waals surface area contributed by atoms with Crippen molar-refractivity contribution in [2.45, 2.75) is 19.0 Å². The maximum Gasteiger partial charge on any atom is 0.203 e. The first-order valence-electron chi connectivity index (χ1n) is 6.34. The molecule has 18 heavy (non-hydrogen) atoms. The Morgan fingerprint density at radius 3 is 2.83 bits per heavy atom. The number of phenols is 1. The summed E-state index contributed by atoms with van der Waals surface area (Å²) in [6, 6.07) is 3.24. The molecule has 0 radical (unpaired) electrons. The van der Waals surface area contributed by atoms with Crippen LogP contribution in [-0.2, 0) is 11.1 Å². The summed E-state index contributed by atoms with van der Waals surface area (Å²) in [5.41, 5.74) is 1.39. The number of phenolic OH excluding ortho intramolecular Hbond substituents is 1. The van der Waals surface area contributed by atoms with Gasteiger partial charge in [-0.2, -0.15) is 0 Å². The summed E-state index contributed by atoms with van der Waals surface area (Å²) < 4.78 is 10.8. The number of hydrogen-bond acceptors (Lipinski definition) is 4. The lowest BCUT2D eigenvalue weighted by atomic mass is 9.41. The monoisotopic (exact) mass is 246 g/mol. The number of aromatic hydroxyl groups is 1. The quantitative estimate of drug-likeness (QED) is 0.805. The van der Waals surface area contributed by atoms with Crippen molar-refractivity contribution in [3.8, 4) is 11.5 Å². The normalized spacial score (nSPS) is 18.7. The zero-order valence-electron chi connectivity index (χ0n) is 10.1. The summed E-state index contributed by atoms with van der Waals surface area (Å²) in [6.45, 7) is 2.15. The predicted molar refractivity (Wildman–Crippen MR) is 67.8 cm³/mol. The standard InChI is InChI=1S/C13H15BO4/c15-11-2-1-9-12(16)8-18-13(9)10(11)7-14-3-5-17-6-4-14/h1-2,15H,3-8H2. The van der Waals surface area contributed by atoms with Gasteiger partial charge in [0.2, 0.25) is 5.78 Å². The third-order valence-corrected chi connectivity index (χ3v) is 3.72. The van der Waals surface area contributed by atoms with Crippen LogP contribution in [-0.4, -0.2) is 37.4 Å². The number of hydrogen-bond donors (Lipinski definition) is 1. The number of ketones is 1. The van der Waals surface area contributed by atoms with Gasteiger partial charge in [0.15, 0.2) is 6.61 Å². The molecule has 1 fully saturated rings. The van der Waals surface area contributed by atoms with Crippen molar-refractivity contribution in [3.05, 3.63) is 23.3 Å². The first-order valence-corrected chi connectivity index (χ1v) is 6.34. The Labute approximate surface area is 106 Å². The fourth-order valence-corrected chi connectivity index (χ4v) is 2.65. The summed E-state index contributed by atoms with van der Waals surface area (Å²) in [5, 5.41) is 9.97. The first kappa shape index (κ1) is 11.6. The number of fused-ring (bicyclic) bond motifs is 1. The third-order valence-electron chi connectivity index (χ3n) is 3.72. The van der Waals surface area contributed by atoms with Crippen molar-refractivity contribution in [1.29, 1.82) is 0 Å². The topological polar surface area (TPSA) is 55.8 Å². The molecule has 0 atom stereocenters. The molecule has 1 saturated heterocycles. The van der Waals surface area contributed by atoms with Gasteiger partial charge in [-0.15, -0.1) is 0 Å². The van der Waals surface area contributed by atoms with Crippen LogP contribution in [0.4, 0.5) is 0 Å². The van der Waals surface area contributed by atoms with Crippen LogP contribution in [0.5, 0.6) is 11.5 Å². The Bertz CT molecular complexity index is 480. The molecule has 0 unspecified atom stereocenters. The number of carbonyl (C=O) groups excluding carboxylic acids is 1. The van der Waals surface area contributed by atoms with Crippen molar-refractivity contribution in [1.82, 2.24) is 0 Å². The van der Waals surface area contributed by atoms with Crippen LogP contribution in [0.25, 0.3) is 0 Å². The Hall–Kier alpha value is -1.49. The highest BCUT2D eigenvalue weighted by Crippen LogP contribution is 2.36. The van der Waals surface area contributed by atoms with E-state index >= 15 is 0 Å². The van der Waals surface area contributed by atoms with E-state index < -0.39 is 0 Å². The molecule has 1 aromatic carbocycles. The van der Waals surface area contributed by atoms with E-state index in [1.807, 2.05) is 0 Å². The average Bonchev–Trinajstić information content (AvgIpc) is 2.76. The van der Waals surface area contributed by atoms with E-state index in [1.165, 1.54) is 0 Å². The largest absolute Gasteiger partial charge is 0.508 e. The smallest absolute Gasteiger partial charge is 0.203 e. The molecule has 0 bridgehead atoms. The average molecular weight is 246 g/mol. The van der Waals surface area contributed by atoms with Gasteiger partial charge in [0, 0.05) is 18.8 Å². The fraction of sp³-hybridized carbons (Fsp3) is 0.462. The van der Waals surface area contributed by atoms with E-state index in [0.29, 0.717) is 18.0 Å². The lowest BCUT2D eigenvalue weighted by Crippen LogP contribution is -2.26. The molecule has 2 aliphatic rings. The van der Waals surface area contributed by atoms with Gasteiger partial charge in [0.1, 0.15) is 18.2 Å². The van der Waals surface area contributed by atoms with E-state index in [-0.39, 0.29) is 18.1 Å². The number of ether oxygens (including phenoxy) is 2. The Morgan fingerprint density at radius 2 is 2.06 bits per heavy atom. The van der Waals surface area contributed by atoms with Gasteiger partial charge in [0.25, 0.3) is 0 Å². The Balaban J connectivity index is 1.89. The van der Waals surface area contributed by atoms with Crippen molar-refractivity contribution in [2.24, 2.45) is 0 Å². The molecular weight excluding hydrogens is 231 g/mol. The van der Waals surface area contributed by atoms with Crippen molar-refractivity contribution < 1.29 is 19.4 Å². The van der Waals surface area contributed by atoms with E-state index in [9.17, 15) is 9.90 Å². The lowest BCUT2D eigenvalue weighted by Gasteiger charge is -2.20. The molecular formula is C13H15BO4. The second-order valence-electron chi connectivity index (χ2n) is 4.91. The van der Waals surface area contributed by atoms with Gasteiger partial charge in [-0.3, -0.25) is 4.79 Å². The van der Waals surface area contributed by atoms with Crippen LogP contribution in [0, 0.1) is 0 Å². The van der Waals surface area contributed by atoms with Crippen LogP contribution >= 0.6 is 0 Å². The van der Waals surface area contributed by atoms with Crippen molar-refractivity contribution in [3.63, 3.8) is 0 Å². The Kier molecular flexibility index (Phi) is 3.00. The van der Waals surface area contributed by atoms with Crippen LogP contribution in [0.3, 0.4) is 0 Å². The molecule has 0 spiro atoms. The summed E-state index contributed by atoms with van der Waals surface area (Å²) in [5.74, 6) is 0.819. The lowest BCUT2D eigenvalue weighted by molar-refractivity contribution is 0.0961. The van der Waals surface area contributed by atoms with Crippen LogP contribution < -0.4 is 4.74 Å². The molecule has 1 N–H and O–H groups in total. The molecule has 5 heteroatoms. The third kappa shape index (κ3) is 1.99. The maximum atomic E-state index is 11.6. The van der Waals surface area contributed by atoms with Gasteiger partial charge in [0.05, 0.1) is 5.56 Å². The molecule has 0 saturated carbocycles. The summed E-state index contributed by atoms with van der Waals surface area (Å²) >= 11 is 0. The van der Waals surface area contributed by atoms with Crippen LogP contribution in [0.15, 0.2) is 12.1 Å². The van der Waals surface area contributed by atoms with Crippen LogP contribution in [0.1, 0.15) is 15.9 Å². The second-order valence-corrected chi connectivity index (χ2v) is 4.91. The molecule has 3 rings (SSSR count). The van der Waals surface area contributed by atoms with E-state index in [0.717, 1.165) is 37.7 Å². The molecule has 2 aliphatic heterocycles. The van der Waals surface area contributed by atoms with Crippen molar-refractivity contribution in [2.75, 3.05) is 19.8 Å². The minimum atomic E-state index is -0.00164. The molecule has 0 aromatic heterocycles. The number of benzene rings is 1. The maximum absolute atomic E-state index is 11.6. The molecule has 2 heterocycles. The SMILES string of the molecule is O=C1COc2c1ccc(O)c2CB1CCOCC1. The minimum Gasteiger partial charge on any atom is -0.508 e. The number of rotatable bonds is 2. The second kappa shape index (κ2) is 4.65. The summed E-state index contributed by atoms with van der Waals surface area (Å²) in [6.07, 6.45) is 2.75. The van der Waals surface area contributed by atoms with Gasteiger partial charge in [-0.1, -0.05) is 12.6 Å². The van der Waals surface area contributed by atoms with Gasteiger partial charge >= 0.3 is 0 Å². The highest BCUT2D eigenvalue weighted by Gasteiger charge is 2.28.